The summed E-state index contributed by atoms with van der Waals surface area (Å²) in [5.74, 6) is -0.688. The van der Waals surface area contributed by atoms with Gasteiger partial charge in [-0.25, -0.2) is 4.79 Å². The molecule has 1 aromatic carbocycles. The van der Waals surface area contributed by atoms with E-state index in [1.165, 1.54) is 22.7 Å². The molecular weight excluding hydrogens is 280 g/mol. The number of carbonyl (C=O) groups excluding carboxylic acids is 2. The lowest BCUT2D eigenvalue weighted by Gasteiger charge is -2.16. The van der Waals surface area contributed by atoms with Crippen molar-refractivity contribution < 1.29 is 19.5 Å². The van der Waals surface area contributed by atoms with E-state index in [9.17, 15) is 14.4 Å². The lowest BCUT2D eigenvalue weighted by atomic mass is 10.1. The van der Waals surface area contributed by atoms with E-state index in [0.717, 1.165) is 0 Å². The fourth-order valence-electron chi connectivity index (χ4n) is 1.90. The minimum absolute atomic E-state index is 0.0421. The van der Waals surface area contributed by atoms with E-state index in [1.807, 2.05) is 0 Å². The van der Waals surface area contributed by atoms with E-state index >= 15 is 0 Å². The molecule has 1 fully saturated rings. The predicted molar refractivity (Wildman–Crippen MR) is 75.8 cm³/mol. The number of carbonyl (C=O) groups is 3. The van der Waals surface area contributed by atoms with Gasteiger partial charge in [0.1, 0.15) is 6.54 Å². The second-order valence-corrected chi connectivity index (χ2v) is 5.38. The minimum atomic E-state index is -1.10. The molecule has 1 aliphatic heterocycles. The van der Waals surface area contributed by atoms with Crippen LogP contribution < -0.4 is 5.32 Å². The van der Waals surface area contributed by atoms with E-state index in [4.69, 9.17) is 5.11 Å². The number of amides is 2. The van der Waals surface area contributed by atoms with Gasteiger partial charge in [0.2, 0.25) is 11.8 Å². The van der Waals surface area contributed by atoms with Crippen LogP contribution >= 0.6 is 11.8 Å². The Morgan fingerprint density at radius 3 is 2.80 bits per heavy atom. The number of hydrogen-bond donors (Lipinski definition) is 2. The molecule has 1 saturated heterocycles. The van der Waals surface area contributed by atoms with Gasteiger partial charge in [-0.05, 0) is 18.6 Å². The normalized spacial score (nSPS) is 14.4. The van der Waals surface area contributed by atoms with E-state index < -0.39 is 11.9 Å². The van der Waals surface area contributed by atoms with E-state index in [-0.39, 0.29) is 23.7 Å². The number of para-hydroxylation sites is 1. The minimum Gasteiger partial charge on any atom is -0.478 e. The van der Waals surface area contributed by atoms with Crippen LogP contribution in [-0.2, 0) is 9.59 Å². The fraction of sp³-hybridized carbons (Fsp3) is 0.308. The number of rotatable bonds is 4. The molecule has 0 radical (unpaired) electrons. The summed E-state index contributed by atoms with van der Waals surface area (Å²) in [7, 11) is 0. The molecule has 0 aliphatic carbocycles. The van der Waals surface area contributed by atoms with Crippen molar-refractivity contribution in [2.24, 2.45) is 0 Å². The highest BCUT2D eigenvalue weighted by Gasteiger charge is 2.23. The first-order valence-electron chi connectivity index (χ1n) is 5.97. The lowest BCUT2D eigenvalue weighted by molar-refractivity contribution is -0.130. The molecule has 1 aromatic rings. The Morgan fingerprint density at radius 1 is 1.45 bits per heavy atom. The fourth-order valence-corrected chi connectivity index (χ4v) is 2.81. The first-order valence-corrected chi connectivity index (χ1v) is 7.13. The van der Waals surface area contributed by atoms with Crippen molar-refractivity contribution >= 4 is 35.2 Å². The van der Waals surface area contributed by atoms with Crippen molar-refractivity contribution in [3.8, 4) is 0 Å². The molecule has 2 rings (SSSR count). The quantitative estimate of drug-likeness (QED) is 0.870. The third-order valence-electron chi connectivity index (χ3n) is 2.93. The number of aromatic carboxylic acids is 1. The number of carboxylic acids is 1. The molecule has 0 spiro atoms. The Balaban J connectivity index is 2.11. The number of benzene rings is 1. The average molecular weight is 294 g/mol. The highest BCUT2D eigenvalue weighted by Crippen LogP contribution is 2.21. The zero-order valence-corrected chi connectivity index (χ0v) is 11.7. The van der Waals surface area contributed by atoms with Gasteiger partial charge in [-0.1, -0.05) is 12.1 Å². The van der Waals surface area contributed by atoms with Crippen LogP contribution in [0.5, 0.6) is 0 Å². The summed E-state index contributed by atoms with van der Waals surface area (Å²) in [6.07, 6.45) is 0. The first-order chi connectivity index (χ1) is 9.49. The molecule has 0 atom stereocenters. The summed E-state index contributed by atoms with van der Waals surface area (Å²) >= 11 is 1.45. The van der Waals surface area contributed by atoms with Gasteiger partial charge < -0.3 is 15.3 Å². The number of nitrogens with zero attached hydrogens (tertiary/aromatic N) is 1. The van der Waals surface area contributed by atoms with Gasteiger partial charge in [0.25, 0.3) is 0 Å². The number of aryl methyl sites for hydroxylation is 1. The van der Waals surface area contributed by atoms with Crippen molar-refractivity contribution in [1.82, 2.24) is 4.90 Å². The number of carboxylic acid groups (broad SMARTS) is 1. The van der Waals surface area contributed by atoms with Crippen molar-refractivity contribution in [2.75, 3.05) is 23.5 Å². The molecule has 0 bridgehead atoms. The molecule has 20 heavy (non-hydrogen) atoms. The zero-order valence-electron chi connectivity index (χ0n) is 10.9. The maximum absolute atomic E-state index is 11.9. The van der Waals surface area contributed by atoms with Gasteiger partial charge in [-0.2, -0.15) is 0 Å². The third-order valence-corrected chi connectivity index (χ3v) is 3.87. The van der Waals surface area contributed by atoms with Crippen LogP contribution in [0.1, 0.15) is 15.9 Å². The molecule has 106 valence electrons. The summed E-state index contributed by atoms with van der Waals surface area (Å²) in [4.78, 5) is 35.9. The summed E-state index contributed by atoms with van der Waals surface area (Å²) < 4.78 is 0. The predicted octanol–water partition coefficient (Wildman–Crippen LogP) is 1.16. The number of hydrogen-bond acceptors (Lipinski definition) is 4. The van der Waals surface area contributed by atoms with Crippen molar-refractivity contribution in [1.29, 1.82) is 0 Å². The van der Waals surface area contributed by atoms with Gasteiger partial charge in [-0.15, -0.1) is 11.8 Å². The topological polar surface area (TPSA) is 86.7 Å². The summed E-state index contributed by atoms with van der Waals surface area (Å²) in [5, 5.41) is 11.7. The molecule has 2 amide bonds. The Kier molecular flexibility index (Phi) is 4.29. The maximum atomic E-state index is 11.9. The van der Waals surface area contributed by atoms with Gasteiger partial charge >= 0.3 is 5.97 Å². The molecule has 2 N–H and O–H groups in total. The van der Waals surface area contributed by atoms with E-state index in [0.29, 0.717) is 17.2 Å². The molecule has 0 aromatic heterocycles. The van der Waals surface area contributed by atoms with Gasteiger partial charge in [0.05, 0.1) is 22.9 Å². The lowest BCUT2D eigenvalue weighted by Crippen LogP contribution is -2.34. The third kappa shape index (κ3) is 3.11. The summed E-state index contributed by atoms with van der Waals surface area (Å²) in [6, 6.07) is 4.77. The zero-order chi connectivity index (χ0) is 14.7. The molecule has 0 unspecified atom stereocenters. The maximum Gasteiger partial charge on any atom is 0.337 e. The van der Waals surface area contributed by atoms with Crippen LogP contribution in [0.25, 0.3) is 0 Å². The second-order valence-electron chi connectivity index (χ2n) is 4.42. The van der Waals surface area contributed by atoms with Crippen LogP contribution in [-0.4, -0.2) is 46.0 Å². The second kappa shape index (κ2) is 5.96. The molecule has 7 heteroatoms. The smallest absolute Gasteiger partial charge is 0.337 e. The highest BCUT2D eigenvalue weighted by molar-refractivity contribution is 8.00. The van der Waals surface area contributed by atoms with Crippen LogP contribution in [0.3, 0.4) is 0 Å². The van der Waals surface area contributed by atoms with Crippen LogP contribution in [0.2, 0.25) is 0 Å². The van der Waals surface area contributed by atoms with Crippen molar-refractivity contribution in [2.45, 2.75) is 6.92 Å². The Morgan fingerprint density at radius 2 is 2.20 bits per heavy atom. The van der Waals surface area contributed by atoms with E-state index in [1.54, 1.807) is 19.1 Å². The van der Waals surface area contributed by atoms with E-state index in [2.05, 4.69) is 5.32 Å². The first kappa shape index (κ1) is 14.4. The van der Waals surface area contributed by atoms with Gasteiger partial charge in [0.15, 0.2) is 0 Å². The summed E-state index contributed by atoms with van der Waals surface area (Å²) in [6.45, 7) is 1.66. The van der Waals surface area contributed by atoms with Crippen molar-refractivity contribution in [3.05, 3.63) is 29.3 Å². The molecule has 1 aliphatic rings. The largest absolute Gasteiger partial charge is 0.478 e. The SMILES string of the molecule is Cc1cccc(C(=O)O)c1NC(=O)CN1CSCC1=O. The Labute approximate surface area is 120 Å². The molecule has 1 heterocycles. The number of nitrogens with one attached hydrogen (secondary N) is 1. The van der Waals surface area contributed by atoms with Crippen LogP contribution in [0.4, 0.5) is 5.69 Å². The molecular formula is C13H14N2O4S. The van der Waals surface area contributed by atoms with Crippen LogP contribution in [0, 0.1) is 6.92 Å². The highest BCUT2D eigenvalue weighted by atomic mass is 32.2. The molecule has 0 saturated carbocycles. The summed E-state index contributed by atoms with van der Waals surface area (Å²) in [5.41, 5.74) is 0.991. The average Bonchev–Trinajstić information content (AvgIpc) is 2.77. The number of thioether (sulfide) groups is 1. The van der Waals surface area contributed by atoms with Crippen LogP contribution in [0.15, 0.2) is 18.2 Å². The van der Waals surface area contributed by atoms with Gasteiger partial charge in [0, 0.05) is 0 Å². The monoisotopic (exact) mass is 294 g/mol. The van der Waals surface area contributed by atoms with Crippen molar-refractivity contribution in [3.63, 3.8) is 0 Å². The Hall–Kier alpha value is -2.02. The molecule has 6 nitrogen and oxygen atoms in total. The Bertz CT molecular complexity index is 573. The standard InChI is InChI=1S/C13H14N2O4S/c1-8-3-2-4-9(13(18)19)12(8)14-10(16)5-15-7-20-6-11(15)17/h2-4H,5-7H2,1H3,(H,14,16)(H,18,19). The number of anilines is 1. The van der Waals surface area contributed by atoms with Gasteiger partial charge in [-0.3, -0.25) is 9.59 Å².